The molecule has 0 fully saturated rings. The molecule has 0 bridgehead atoms. The molecule has 0 amide bonds. The molecule has 0 aliphatic heterocycles. The third kappa shape index (κ3) is 5.13. The van der Waals surface area contributed by atoms with Crippen LogP contribution in [-0.4, -0.2) is 31.8 Å². The predicted octanol–water partition coefficient (Wildman–Crippen LogP) is 5.44. The molecule has 0 unspecified atom stereocenters. The monoisotopic (exact) mass is 420 g/mol. The molecule has 0 spiro atoms. The lowest BCUT2D eigenvalue weighted by molar-refractivity contribution is 0.0528. The highest BCUT2D eigenvalue weighted by Gasteiger charge is 2.18. The van der Waals surface area contributed by atoms with Crippen molar-refractivity contribution in [1.29, 1.82) is 0 Å². The van der Waals surface area contributed by atoms with Gasteiger partial charge < -0.3 is 4.74 Å². The number of carbonyl (C=O) groups excluding carboxylic acids is 1. The van der Waals surface area contributed by atoms with Crippen molar-refractivity contribution in [2.75, 3.05) is 6.61 Å². The summed E-state index contributed by atoms with van der Waals surface area (Å²) in [5.41, 5.74) is 5.24. The average Bonchev–Trinajstić information content (AvgIpc) is 3.33. The minimum Gasteiger partial charge on any atom is -0.462 e. The van der Waals surface area contributed by atoms with Crippen molar-refractivity contribution < 1.29 is 9.53 Å². The minimum atomic E-state index is -0.321. The number of hydrogen-bond acceptors (Lipinski definition) is 4. The van der Waals surface area contributed by atoms with Crippen molar-refractivity contribution in [3.05, 3.63) is 71.8 Å². The molecule has 0 aliphatic carbocycles. The maximum Gasteiger partial charge on any atom is 0.341 e. The summed E-state index contributed by atoms with van der Waals surface area (Å²) in [4.78, 5) is 11.8. The highest BCUT2D eigenvalue weighted by Crippen LogP contribution is 2.25. The van der Waals surface area contributed by atoms with Gasteiger partial charge in [-0.15, -0.1) is 0 Å². The molecule has 31 heavy (non-hydrogen) atoms. The molecular weight excluding hydrogens is 388 g/mol. The number of fused-ring (bicyclic) bond motifs is 2. The number of esters is 1. The van der Waals surface area contributed by atoms with Crippen molar-refractivity contribution >= 4 is 17.0 Å². The van der Waals surface area contributed by atoms with Gasteiger partial charge in [0.15, 0.2) is 0 Å². The second-order valence-electron chi connectivity index (χ2n) is 9.64. The second kappa shape index (κ2) is 8.53. The lowest BCUT2D eigenvalue weighted by Crippen LogP contribution is -2.12. The Bertz CT molecular complexity index is 1190. The van der Waals surface area contributed by atoms with Gasteiger partial charge in [0.1, 0.15) is 5.56 Å². The molecule has 0 aliphatic rings. The van der Waals surface area contributed by atoms with Crippen molar-refractivity contribution in [3.8, 4) is 0 Å². The third-order valence-corrected chi connectivity index (χ3v) is 5.15. The van der Waals surface area contributed by atoms with E-state index in [0.717, 1.165) is 11.0 Å². The van der Waals surface area contributed by atoms with Gasteiger partial charge in [-0.05, 0) is 59.2 Å². The van der Waals surface area contributed by atoms with Crippen molar-refractivity contribution in [1.82, 2.24) is 19.2 Å². The van der Waals surface area contributed by atoms with E-state index in [0.29, 0.717) is 12.2 Å². The smallest absolute Gasteiger partial charge is 0.341 e. The zero-order valence-electron chi connectivity index (χ0n) is 19.5. The quantitative estimate of drug-likeness (QED) is 0.405. The molecule has 0 atom stereocenters. The first-order valence-electron chi connectivity index (χ1n) is 10.6. The normalized spacial score (nSPS) is 12.0. The minimum absolute atomic E-state index is 0.0396. The molecule has 0 aromatic carbocycles. The predicted molar refractivity (Wildman–Crippen MR) is 124 cm³/mol. The van der Waals surface area contributed by atoms with Crippen LogP contribution in [0.3, 0.4) is 0 Å². The Labute approximate surface area is 183 Å². The fraction of sp³-hybridized carbons (Fsp3) is 0.400. The van der Waals surface area contributed by atoms with Gasteiger partial charge in [0.05, 0.1) is 23.8 Å². The summed E-state index contributed by atoms with van der Waals surface area (Å²) in [6.45, 7) is 15.2. The second-order valence-corrected chi connectivity index (χ2v) is 9.64. The van der Waals surface area contributed by atoms with E-state index in [1.807, 2.05) is 41.3 Å². The zero-order chi connectivity index (χ0) is 22.8. The number of aromatic nitrogens is 4. The summed E-state index contributed by atoms with van der Waals surface area (Å²) in [7, 11) is 0. The number of pyridine rings is 2. The van der Waals surface area contributed by atoms with E-state index in [1.165, 1.54) is 11.1 Å². The molecular formula is C25H32N4O2. The summed E-state index contributed by atoms with van der Waals surface area (Å²) in [5.74, 6) is -0.321. The Morgan fingerprint density at radius 3 is 2.13 bits per heavy atom. The van der Waals surface area contributed by atoms with Gasteiger partial charge in [0, 0.05) is 18.6 Å². The lowest BCUT2D eigenvalue weighted by Gasteiger charge is -2.19. The van der Waals surface area contributed by atoms with Crippen molar-refractivity contribution in [2.24, 2.45) is 0 Å². The first-order valence-corrected chi connectivity index (χ1v) is 10.6. The van der Waals surface area contributed by atoms with Crippen LogP contribution in [0.4, 0.5) is 0 Å². The molecule has 6 heteroatoms. The molecule has 0 N–H and O–H groups in total. The van der Waals surface area contributed by atoms with E-state index in [4.69, 9.17) is 4.74 Å². The Hall–Kier alpha value is -3.15. The molecule has 164 valence electrons. The lowest BCUT2D eigenvalue weighted by atomic mass is 9.87. The zero-order valence-corrected chi connectivity index (χ0v) is 19.5. The number of hydrogen-bond donors (Lipinski definition) is 0. The molecule has 0 saturated carbocycles. The van der Waals surface area contributed by atoms with Gasteiger partial charge in [-0.2, -0.15) is 10.2 Å². The maximum atomic E-state index is 11.8. The van der Waals surface area contributed by atoms with E-state index in [-0.39, 0.29) is 16.8 Å². The number of ether oxygens (including phenoxy) is 1. The van der Waals surface area contributed by atoms with Gasteiger partial charge in [-0.1, -0.05) is 41.5 Å². The van der Waals surface area contributed by atoms with Crippen LogP contribution in [0.25, 0.3) is 11.0 Å². The number of rotatable bonds is 2. The largest absolute Gasteiger partial charge is 0.462 e. The first-order chi connectivity index (χ1) is 14.5. The van der Waals surface area contributed by atoms with Crippen LogP contribution in [0.5, 0.6) is 0 Å². The van der Waals surface area contributed by atoms with Crippen LogP contribution in [0.2, 0.25) is 0 Å². The van der Waals surface area contributed by atoms with Crippen LogP contribution in [-0.2, 0) is 15.6 Å². The van der Waals surface area contributed by atoms with Crippen LogP contribution >= 0.6 is 0 Å². The van der Waals surface area contributed by atoms with Gasteiger partial charge in [0.2, 0.25) is 0 Å². The van der Waals surface area contributed by atoms with Gasteiger partial charge in [0.25, 0.3) is 0 Å². The highest BCUT2D eigenvalue weighted by atomic mass is 16.5. The number of nitrogens with zero attached hydrogens (tertiary/aromatic N) is 4. The molecule has 6 nitrogen and oxygen atoms in total. The van der Waals surface area contributed by atoms with Crippen molar-refractivity contribution in [2.45, 2.75) is 59.3 Å². The Balaban J connectivity index is 0.000000185. The molecule has 4 heterocycles. The van der Waals surface area contributed by atoms with E-state index in [9.17, 15) is 4.79 Å². The fourth-order valence-corrected chi connectivity index (χ4v) is 3.20. The van der Waals surface area contributed by atoms with E-state index in [1.54, 1.807) is 17.6 Å². The molecule has 4 aromatic rings. The third-order valence-electron chi connectivity index (χ3n) is 5.15. The Kier molecular flexibility index (Phi) is 6.20. The van der Waals surface area contributed by atoms with Gasteiger partial charge >= 0.3 is 5.97 Å². The first kappa shape index (κ1) is 22.5. The standard InChI is InChI=1S/C14H18N2O2.C11H14N2/c1-5-18-13(17)11-9-15-16-7-6-10(8-12(11)16)14(2,3)4;1-11(2,3)9-5-7-13-10(8-9)4-6-12-13/h6-9H,5H2,1-4H3;4-8H,1-3H3. The SMILES string of the molecule is CC(C)(C)c1ccn2nccc2c1.CCOC(=O)c1cnn2ccc(C(C)(C)C)cc12. The molecule has 0 radical (unpaired) electrons. The van der Waals surface area contributed by atoms with Crippen LogP contribution in [0.15, 0.2) is 55.1 Å². The van der Waals surface area contributed by atoms with Crippen LogP contribution in [0.1, 0.15) is 70.0 Å². The van der Waals surface area contributed by atoms with E-state index < -0.39 is 0 Å². The Morgan fingerprint density at radius 1 is 0.903 bits per heavy atom. The summed E-state index contributed by atoms with van der Waals surface area (Å²) in [6.07, 6.45) is 7.26. The van der Waals surface area contributed by atoms with Crippen molar-refractivity contribution in [3.63, 3.8) is 0 Å². The molecule has 4 rings (SSSR count). The summed E-state index contributed by atoms with van der Waals surface area (Å²) in [6, 6.07) is 10.4. The molecule has 4 aromatic heterocycles. The summed E-state index contributed by atoms with van der Waals surface area (Å²) < 4.78 is 8.61. The average molecular weight is 421 g/mol. The van der Waals surface area contributed by atoms with Crippen LogP contribution in [0, 0.1) is 0 Å². The molecule has 0 saturated heterocycles. The topological polar surface area (TPSA) is 60.9 Å². The number of carbonyl (C=O) groups is 1. The Morgan fingerprint density at radius 2 is 1.52 bits per heavy atom. The van der Waals surface area contributed by atoms with Crippen LogP contribution < -0.4 is 0 Å². The van der Waals surface area contributed by atoms with E-state index >= 15 is 0 Å². The highest BCUT2D eigenvalue weighted by molar-refractivity contribution is 5.96. The van der Waals surface area contributed by atoms with E-state index in [2.05, 4.69) is 63.9 Å². The van der Waals surface area contributed by atoms with Gasteiger partial charge in [-0.3, -0.25) is 0 Å². The fourth-order valence-electron chi connectivity index (χ4n) is 3.20. The summed E-state index contributed by atoms with van der Waals surface area (Å²) >= 11 is 0. The summed E-state index contributed by atoms with van der Waals surface area (Å²) in [5, 5.41) is 8.32. The van der Waals surface area contributed by atoms with Gasteiger partial charge in [-0.25, -0.2) is 13.8 Å². The maximum absolute atomic E-state index is 11.8.